The lowest BCUT2D eigenvalue weighted by atomic mass is 10.3. The van der Waals surface area contributed by atoms with Gasteiger partial charge in [-0.1, -0.05) is 20.4 Å². The number of nitrogens with zero attached hydrogens (tertiary/aromatic N) is 1. The van der Waals surface area contributed by atoms with Crippen molar-refractivity contribution in [3.8, 4) is 0 Å². The quantitative estimate of drug-likeness (QED) is 0.841. The summed E-state index contributed by atoms with van der Waals surface area (Å²) < 4.78 is 26.1. The van der Waals surface area contributed by atoms with Crippen molar-refractivity contribution < 1.29 is 13.3 Å². The van der Waals surface area contributed by atoms with Crippen LogP contribution >= 0.6 is 15.9 Å². The molecule has 1 heterocycles. The van der Waals surface area contributed by atoms with Crippen molar-refractivity contribution in [1.82, 2.24) is 4.47 Å². The first kappa shape index (κ1) is 12.0. The molecule has 16 heavy (non-hydrogen) atoms. The molecule has 0 amide bonds. The van der Waals surface area contributed by atoms with Gasteiger partial charge in [0.15, 0.2) is 0 Å². The predicted octanol–water partition coefficient (Wildman–Crippen LogP) is 2.17. The fraction of sp³-hybridized carbons (Fsp3) is 0.400. The molecule has 1 aliphatic rings. The summed E-state index contributed by atoms with van der Waals surface area (Å²) >= 11 is 3.27. The van der Waals surface area contributed by atoms with E-state index in [1.165, 1.54) is 0 Å². The summed E-state index contributed by atoms with van der Waals surface area (Å²) in [6, 6.07) is 6.54. The third kappa shape index (κ3) is 2.45. The Bertz CT molecular complexity index is 451. The van der Waals surface area contributed by atoms with Crippen LogP contribution in [0.3, 0.4) is 0 Å². The number of hydroxylamine groups is 1. The van der Waals surface area contributed by atoms with E-state index in [9.17, 15) is 8.42 Å². The highest BCUT2D eigenvalue weighted by Crippen LogP contribution is 2.21. The number of hydrogen-bond donors (Lipinski definition) is 0. The van der Waals surface area contributed by atoms with Crippen LogP contribution in [0.25, 0.3) is 0 Å². The number of sulfonamides is 1. The van der Waals surface area contributed by atoms with Crippen molar-refractivity contribution in [1.29, 1.82) is 0 Å². The molecule has 1 fully saturated rings. The monoisotopic (exact) mass is 305 g/mol. The van der Waals surface area contributed by atoms with Crippen LogP contribution in [0.4, 0.5) is 0 Å². The molecular formula is C10H12BrNO3S. The van der Waals surface area contributed by atoms with Crippen LogP contribution in [-0.2, 0) is 14.9 Å². The molecule has 1 saturated heterocycles. The third-order valence-corrected chi connectivity index (χ3v) is 4.57. The van der Waals surface area contributed by atoms with E-state index in [1.54, 1.807) is 24.3 Å². The fourth-order valence-electron chi connectivity index (χ4n) is 1.49. The Morgan fingerprint density at radius 3 is 2.44 bits per heavy atom. The summed E-state index contributed by atoms with van der Waals surface area (Å²) in [7, 11) is -3.49. The summed E-state index contributed by atoms with van der Waals surface area (Å²) in [5.74, 6) is 0. The first-order chi connectivity index (χ1) is 7.60. The molecule has 0 atom stereocenters. The van der Waals surface area contributed by atoms with Gasteiger partial charge in [0.1, 0.15) is 0 Å². The van der Waals surface area contributed by atoms with Crippen LogP contribution in [-0.4, -0.2) is 26.0 Å². The van der Waals surface area contributed by atoms with Gasteiger partial charge in [-0.2, -0.15) is 0 Å². The van der Waals surface area contributed by atoms with Gasteiger partial charge in [0.2, 0.25) is 0 Å². The second-order valence-corrected chi connectivity index (χ2v) is 6.27. The summed E-state index contributed by atoms with van der Waals surface area (Å²) in [5, 5.41) is 0. The van der Waals surface area contributed by atoms with E-state index in [2.05, 4.69) is 15.9 Å². The van der Waals surface area contributed by atoms with Gasteiger partial charge in [0.05, 0.1) is 11.5 Å². The lowest BCUT2D eigenvalue weighted by Crippen LogP contribution is -2.35. The number of benzene rings is 1. The fourth-order valence-corrected chi connectivity index (χ4v) is 3.05. The van der Waals surface area contributed by atoms with E-state index in [4.69, 9.17) is 4.84 Å². The maximum Gasteiger partial charge on any atom is 0.265 e. The van der Waals surface area contributed by atoms with E-state index in [-0.39, 0.29) is 4.90 Å². The molecule has 1 aliphatic heterocycles. The summed E-state index contributed by atoms with van der Waals surface area (Å²) in [5.41, 5.74) is 0. The zero-order valence-corrected chi connectivity index (χ0v) is 11.0. The van der Waals surface area contributed by atoms with E-state index >= 15 is 0 Å². The van der Waals surface area contributed by atoms with Crippen LogP contribution in [0, 0.1) is 0 Å². The number of halogens is 1. The number of hydrogen-bond acceptors (Lipinski definition) is 3. The van der Waals surface area contributed by atoms with E-state index < -0.39 is 10.0 Å². The maximum absolute atomic E-state index is 12.1. The largest absolute Gasteiger partial charge is 0.284 e. The van der Waals surface area contributed by atoms with Crippen LogP contribution in [0.1, 0.15) is 12.8 Å². The summed E-state index contributed by atoms with van der Waals surface area (Å²) in [6.07, 6.45) is 1.75. The minimum absolute atomic E-state index is 0.262. The van der Waals surface area contributed by atoms with Crippen LogP contribution in [0.5, 0.6) is 0 Å². The third-order valence-electron chi connectivity index (χ3n) is 2.35. The second-order valence-electron chi connectivity index (χ2n) is 3.53. The molecule has 4 nitrogen and oxygen atoms in total. The van der Waals surface area contributed by atoms with Gasteiger partial charge in [-0.15, -0.1) is 0 Å². The maximum atomic E-state index is 12.1. The van der Waals surface area contributed by atoms with Gasteiger partial charge >= 0.3 is 0 Å². The van der Waals surface area contributed by atoms with Crippen molar-refractivity contribution >= 4 is 26.0 Å². The van der Waals surface area contributed by atoms with Crippen molar-refractivity contribution in [2.75, 3.05) is 13.2 Å². The van der Waals surface area contributed by atoms with Crippen LogP contribution < -0.4 is 0 Å². The molecule has 0 spiro atoms. The average Bonchev–Trinajstić information content (AvgIpc) is 2.31. The van der Waals surface area contributed by atoms with Crippen molar-refractivity contribution in [3.63, 3.8) is 0 Å². The zero-order chi connectivity index (χ0) is 11.6. The highest BCUT2D eigenvalue weighted by Gasteiger charge is 2.26. The molecule has 0 saturated carbocycles. The minimum atomic E-state index is -3.49. The normalized spacial score (nSPS) is 18.6. The Hall–Kier alpha value is -0.430. The van der Waals surface area contributed by atoms with Crippen LogP contribution in [0.2, 0.25) is 0 Å². The molecule has 1 aromatic rings. The van der Waals surface area contributed by atoms with Gasteiger partial charge in [0, 0.05) is 11.0 Å². The Kier molecular flexibility index (Phi) is 3.63. The van der Waals surface area contributed by atoms with Gasteiger partial charge in [-0.3, -0.25) is 4.84 Å². The molecule has 0 radical (unpaired) electrons. The zero-order valence-electron chi connectivity index (χ0n) is 8.60. The smallest absolute Gasteiger partial charge is 0.265 e. The Labute approximate surface area is 103 Å². The van der Waals surface area contributed by atoms with Crippen LogP contribution in [0.15, 0.2) is 33.6 Å². The predicted molar refractivity (Wildman–Crippen MR) is 63.2 cm³/mol. The number of rotatable bonds is 2. The molecular weight excluding hydrogens is 294 g/mol. The summed E-state index contributed by atoms with van der Waals surface area (Å²) in [6.45, 7) is 0.897. The van der Waals surface area contributed by atoms with E-state index in [0.717, 1.165) is 21.8 Å². The van der Waals surface area contributed by atoms with E-state index in [1.807, 2.05) is 0 Å². The SMILES string of the molecule is O=S(=O)(c1ccc(Br)cc1)N1CCCCO1. The van der Waals surface area contributed by atoms with Gasteiger partial charge in [-0.05, 0) is 37.1 Å². The van der Waals surface area contributed by atoms with Crippen molar-refractivity contribution in [3.05, 3.63) is 28.7 Å². The molecule has 88 valence electrons. The van der Waals surface area contributed by atoms with Gasteiger partial charge in [0.25, 0.3) is 10.0 Å². The Morgan fingerprint density at radius 1 is 1.19 bits per heavy atom. The lowest BCUT2D eigenvalue weighted by Gasteiger charge is -2.25. The highest BCUT2D eigenvalue weighted by atomic mass is 79.9. The average molecular weight is 306 g/mol. The lowest BCUT2D eigenvalue weighted by molar-refractivity contribution is -0.108. The highest BCUT2D eigenvalue weighted by molar-refractivity contribution is 9.10. The molecule has 0 aromatic heterocycles. The topological polar surface area (TPSA) is 46.6 Å². The standard InChI is InChI=1S/C10H12BrNO3S/c11-9-3-5-10(6-4-9)16(13,14)12-7-1-2-8-15-12/h3-6H,1-2,7-8H2. The molecule has 1 aromatic carbocycles. The van der Waals surface area contributed by atoms with Crippen molar-refractivity contribution in [2.45, 2.75) is 17.7 Å². The molecule has 0 bridgehead atoms. The van der Waals surface area contributed by atoms with Crippen molar-refractivity contribution in [2.24, 2.45) is 0 Å². The molecule has 2 rings (SSSR count). The summed E-state index contributed by atoms with van der Waals surface area (Å²) in [4.78, 5) is 5.42. The molecule has 0 N–H and O–H groups in total. The first-order valence-corrected chi connectivity index (χ1v) is 7.25. The first-order valence-electron chi connectivity index (χ1n) is 5.02. The molecule has 0 aliphatic carbocycles. The van der Waals surface area contributed by atoms with E-state index in [0.29, 0.717) is 13.2 Å². The Balaban J connectivity index is 2.27. The molecule has 6 heteroatoms. The minimum Gasteiger partial charge on any atom is -0.284 e. The molecule has 0 unspecified atom stereocenters. The second kappa shape index (κ2) is 4.83. The van der Waals surface area contributed by atoms with Gasteiger partial charge in [-0.25, -0.2) is 8.42 Å². The Morgan fingerprint density at radius 2 is 1.88 bits per heavy atom. The van der Waals surface area contributed by atoms with Gasteiger partial charge < -0.3 is 0 Å².